The summed E-state index contributed by atoms with van der Waals surface area (Å²) in [6.07, 6.45) is 2.02. The molecule has 0 bridgehead atoms. The zero-order chi connectivity index (χ0) is 14.3. The number of rotatable bonds is 8. The SMILES string of the molecule is CCNc1ccccc1S(=O)(=O)NCC(C)CSC. The normalized spacial score (nSPS) is 13.2. The Balaban J connectivity index is 2.82. The lowest BCUT2D eigenvalue weighted by Crippen LogP contribution is -2.29. The third-order valence-corrected chi connectivity index (χ3v) is 5.00. The van der Waals surface area contributed by atoms with E-state index in [1.54, 1.807) is 30.0 Å². The lowest BCUT2D eigenvalue weighted by molar-refractivity contribution is 0.563. The minimum atomic E-state index is -3.45. The summed E-state index contributed by atoms with van der Waals surface area (Å²) in [6.45, 7) is 5.13. The van der Waals surface area contributed by atoms with Crippen molar-refractivity contribution in [3.8, 4) is 0 Å². The van der Waals surface area contributed by atoms with E-state index in [1.807, 2.05) is 26.2 Å². The summed E-state index contributed by atoms with van der Waals surface area (Å²) in [7, 11) is -3.45. The summed E-state index contributed by atoms with van der Waals surface area (Å²) >= 11 is 1.72. The van der Waals surface area contributed by atoms with Gasteiger partial charge >= 0.3 is 0 Å². The zero-order valence-corrected chi connectivity index (χ0v) is 13.3. The quantitative estimate of drug-likeness (QED) is 0.774. The highest BCUT2D eigenvalue weighted by molar-refractivity contribution is 7.98. The van der Waals surface area contributed by atoms with Gasteiger partial charge in [-0.05, 0) is 37.0 Å². The molecule has 0 heterocycles. The maximum Gasteiger partial charge on any atom is 0.242 e. The summed E-state index contributed by atoms with van der Waals surface area (Å²) in [5, 5.41) is 3.07. The average Bonchev–Trinajstić information content (AvgIpc) is 2.38. The molecule has 0 aliphatic carbocycles. The van der Waals surface area contributed by atoms with Gasteiger partial charge in [0.15, 0.2) is 0 Å². The highest BCUT2D eigenvalue weighted by atomic mass is 32.2. The van der Waals surface area contributed by atoms with Gasteiger partial charge in [0.05, 0.1) is 5.69 Å². The Morgan fingerprint density at radius 2 is 2.00 bits per heavy atom. The van der Waals surface area contributed by atoms with Crippen LogP contribution in [0.4, 0.5) is 5.69 Å². The zero-order valence-electron chi connectivity index (χ0n) is 11.6. The number of benzene rings is 1. The summed E-state index contributed by atoms with van der Waals surface area (Å²) in [6, 6.07) is 6.97. The molecule has 1 unspecified atom stereocenters. The Hall–Kier alpha value is -0.720. The average molecular weight is 302 g/mol. The fourth-order valence-electron chi connectivity index (χ4n) is 1.71. The second-order valence-corrected chi connectivity index (χ2v) is 7.08. The van der Waals surface area contributed by atoms with Gasteiger partial charge in [0.1, 0.15) is 4.90 Å². The molecule has 0 amide bonds. The Morgan fingerprint density at radius 1 is 1.32 bits per heavy atom. The minimum absolute atomic E-state index is 0.313. The second-order valence-electron chi connectivity index (χ2n) is 4.44. The molecular weight excluding hydrogens is 280 g/mol. The van der Waals surface area contributed by atoms with Crippen molar-refractivity contribution in [3.63, 3.8) is 0 Å². The molecular formula is C13H22N2O2S2. The molecule has 0 aromatic heterocycles. The predicted molar refractivity (Wildman–Crippen MR) is 83.3 cm³/mol. The largest absolute Gasteiger partial charge is 0.384 e. The van der Waals surface area contributed by atoms with E-state index < -0.39 is 10.0 Å². The van der Waals surface area contributed by atoms with Crippen LogP contribution in [0.15, 0.2) is 29.2 Å². The van der Waals surface area contributed by atoms with Gasteiger partial charge in [-0.1, -0.05) is 19.1 Å². The molecule has 1 aromatic carbocycles. The molecule has 19 heavy (non-hydrogen) atoms. The van der Waals surface area contributed by atoms with E-state index in [1.165, 1.54) is 0 Å². The molecule has 1 rings (SSSR count). The van der Waals surface area contributed by atoms with Crippen molar-refractivity contribution >= 4 is 27.5 Å². The van der Waals surface area contributed by atoms with E-state index in [0.29, 0.717) is 29.6 Å². The molecule has 1 atom stereocenters. The number of hydrogen-bond acceptors (Lipinski definition) is 4. The van der Waals surface area contributed by atoms with Gasteiger partial charge in [-0.3, -0.25) is 0 Å². The Bertz CT molecular complexity index is 489. The molecule has 0 fully saturated rings. The highest BCUT2D eigenvalue weighted by Crippen LogP contribution is 2.20. The van der Waals surface area contributed by atoms with Gasteiger partial charge in [0.2, 0.25) is 10.0 Å². The molecule has 0 aliphatic rings. The third kappa shape index (κ3) is 5.04. The van der Waals surface area contributed by atoms with Crippen molar-refractivity contribution in [2.75, 3.05) is 30.4 Å². The summed E-state index contributed by atoms with van der Waals surface area (Å²) in [5.41, 5.74) is 0.648. The van der Waals surface area contributed by atoms with Crippen LogP contribution in [0.1, 0.15) is 13.8 Å². The van der Waals surface area contributed by atoms with Crippen LogP contribution < -0.4 is 10.0 Å². The number of sulfonamides is 1. The van der Waals surface area contributed by atoms with Gasteiger partial charge in [0, 0.05) is 13.1 Å². The van der Waals surface area contributed by atoms with E-state index in [-0.39, 0.29) is 0 Å². The molecule has 0 aliphatic heterocycles. The van der Waals surface area contributed by atoms with Crippen molar-refractivity contribution in [1.29, 1.82) is 0 Å². The lowest BCUT2D eigenvalue weighted by atomic mass is 10.2. The first kappa shape index (κ1) is 16.3. The summed E-state index contributed by atoms with van der Waals surface area (Å²) < 4.78 is 27.2. The smallest absolute Gasteiger partial charge is 0.242 e. The van der Waals surface area contributed by atoms with E-state index in [0.717, 1.165) is 5.75 Å². The van der Waals surface area contributed by atoms with Gasteiger partial charge in [-0.2, -0.15) is 11.8 Å². The molecule has 108 valence electrons. The second kappa shape index (κ2) is 7.77. The van der Waals surface area contributed by atoms with E-state index >= 15 is 0 Å². The number of nitrogens with one attached hydrogen (secondary N) is 2. The fourth-order valence-corrected chi connectivity index (χ4v) is 3.74. The van der Waals surface area contributed by atoms with E-state index in [9.17, 15) is 8.42 Å². The molecule has 0 spiro atoms. The lowest BCUT2D eigenvalue weighted by Gasteiger charge is -2.14. The van der Waals surface area contributed by atoms with Crippen LogP contribution in [-0.2, 0) is 10.0 Å². The number of anilines is 1. The van der Waals surface area contributed by atoms with E-state index in [2.05, 4.69) is 10.0 Å². The number of hydrogen-bond donors (Lipinski definition) is 2. The first-order valence-corrected chi connectivity index (χ1v) is 9.20. The maximum absolute atomic E-state index is 12.3. The molecule has 0 radical (unpaired) electrons. The fraction of sp³-hybridized carbons (Fsp3) is 0.538. The highest BCUT2D eigenvalue weighted by Gasteiger charge is 2.18. The first-order chi connectivity index (χ1) is 9.01. The predicted octanol–water partition coefficient (Wildman–Crippen LogP) is 2.40. The standard InChI is InChI=1S/C13H22N2O2S2/c1-4-14-12-7-5-6-8-13(12)19(16,17)15-9-11(2)10-18-3/h5-8,11,14-15H,4,9-10H2,1-3H3. The van der Waals surface area contributed by atoms with Gasteiger partial charge < -0.3 is 5.32 Å². The summed E-state index contributed by atoms with van der Waals surface area (Å²) in [4.78, 5) is 0.313. The van der Waals surface area contributed by atoms with Crippen LogP contribution in [0, 0.1) is 5.92 Å². The van der Waals surface area contributed by atoms with Crippen molar-refractivity contribution in [2.45, 2.75) is 18.7 Å². The summed E-state index contributed by atoms with van der Waals surface area (Å²) in [5.74, 6) is 1.26. The van der Waals surface area contributed by atoms with Crippen molar-refractivity contribution in [1.82, 2.24) is 4.72 Å². The van der Waals surface area contributed by atoms with Crippen LogP contribution in [0.2, 0.25) is 0 Å². The van der Waals surface area contributed by atoms with Gasteiger partial charge in [-0.15, -0.1) is 0 Å². The molecule has 1 aromatic rings. The number of thioether (sulfide) groups is 1. The van der Waals surface area contributed by atoms with Crippen LogP contribution in [0.5, 0.6) is 0 Å². The number of para-hydroxylation sites is 1. The molecule has 0 saturated carbocycles. The maximum atomic E-state index is 12.3. The van der Waals surface area contributed by atoms with Crippen LogP contribution in [0.3, 0.4) is 0 Å². The molecule has 2 N–H and O–H groups in total. The first-order valence-electron chi connectivity index (χ1n) is 6.32. The van der Waals surface area contributed by atoms with Gasteiger partial charge in [-0.25, -0.2) is 13.1 Å². The minimum Gasteiger partial charge on any atom is -0.384 e. The van der Waals surface area contributed by atoms with Crippen molar-refractivity contribution in [3.05, 3.63) is 24.3 Å². The van der Waals surface area contributed by atoms with Crippen LogP contribution in [-0.4, -0.2) is 33.5 Å². The Morgan fingerprint density at radius 3 is 2.63 bits per heavy atom. The molecule has 0 saturated heterocycles. The van der Waals surface area contributed by atoms with Crippen molar-refractivity contribution in [2.24, 2.45) is 5.92 Å². The third-order valence-electron chi connectivity index (χ3n) is 2.62. The van der Waals surface area contributed by atoms with Crippen molar-refractivity contribution < 1.29 is 8.42 Å². The Kier molecular flexibility index (Phi) is 6.68. The monoisotopic (exact) mass is 302 g/mol. The van der Waals surface area contributed by atoms with Gasteiger partial charge in [0.25, 0.3) is 0 Å². The topological polar surface area (TPSA) is 58.2 Å². The Labute approximate surface area is 120 Å². The van der Waals surface area contributed by atoms with Crippen LogP contribution in [0.25, 0.3) is 0 Å². The van der Waals surface area contributed by atoms with Crippen LogP contribution >= 0.6 is 11.8 Å². The van der Waals surface area contributed by atoms with E-state index in [4.69, 9.17) is 0 Å². The molecule has 4 nitrogen and oxygen atoms in total. The molecule has 6 heteroatoms.